The van der Waals surface area contributed by atoms with E-state index in [1.807, 2.05) is 12.1 Å². The van der Waals surface area contributed by atoms with E-state index in [1.54, 1.807) is 7.11 Å². The molecule has 1 aromatic carbocycles. The van der Waals surface area contributed by atoms with E-state index in [2.05, 4.69) is 19.1 Å². The number of rotatable bonds is 3. The molecule has 1 aliphatic rings. The lowest BCUT2D eigenvalue weighted by Crippen LogP contribution is -2.29. The van der Waals surface area contributed by atoms with Crippen molar-refractivity contribution >= 4 is 0 Å². The van der Waals surface area contributed by atoms with Crippen molar-refractivity contribution in [3.63, 3.8) is 0 Å². The maximum atomic E-state index is 5.99. The van der Waals surface area contributed by atoms with E-state index < -0.39 is 0 Å². The molecule has 2 unspecified atom stereocenters. The molecular formula is C14H20O2. The maximum absolute atomic E-state index is 5.99. The van der Waals surface area contributed by atoms with Crippen LogP contribution < -0.4 is 4.74 Å². The summed E-state index contributed by atoms with van der Waals surface area (Å²) < 4.78 is 11.4. The van der Waals surface area contributed by atoms with Gasteiger partial charge in [-0.05, 0) is 43.9 Å². The van der Waals surface area contributed by atoms with Crippen molar-refractivity contribution in [3.8, 4) is 5.75 Å². The smallest absolute Gasteiger partial charge is 0.119 e. The van der Waals surface area contributed by atoms with Gasteiger partial charge >= 0.3 is 0 Å². The topological polar surface area (TPSA) is 18.5 Å². The molecule has 1 aromatic rings. The van der Waals surface area contributed by atoms with Crippen LogP contribution in [0.15, 0.2) is 24.3 Å². The van der Waals surface area contributed by atoms with Crippen LogP contribution in [0.25, 0.3) is 0 Å². The summed E-state index contributed by atoms with van der Waals surface area (Å²) in [5.74, 6) is 0.988. The second-order valence-electron chi connectivity index (χ2n) is 4.58. The first kappa shape index (κ1) is 11.5. The molecule has 0 amide bonds. The normalized spacial score (nSPS) is 25.4. The van der Waals surface area contributed by atoms with E-state index in [0.717, 1.165) is 18.6 Å². The number of hydrogen-bond acceptors (Lipinski definition) is 2. The van der Waals surface area contributed by atoms with Gasteiger partial charge in [-0.15, -0.1) is 0 Å². The summed E-state index contributed by atoms with van der Waals surface area (Å²) in [4.78, 5) is 0. The minimum absolute atomic E-state index is 0.320. The van der Waals surface area contributed by atoms with E-state index in [9.17, 15) is 0 Å². The number of benzene rings is 1. The third-order valence-electron chi connectivity index (χ3n) is 3.20. The van der Waals surface area contributed by atoms with Crippen molar-refractivity contribution in [3.05, 3.63) is 29.8 Å². The van der Waals surface area contributed by atoms with Gasteiger partial charge in [-0.1, -0.05) is 12.1 Å². The van der Waals surface area contributed by atoms with E-state index in [-0.39, 0.29) is 0 Å². The van der Waals surface area contributed by atoms with E-state index >= 15 is 0 Å². The van der Waals surface area contributed by atoms with Gasteiger partial charge < -0.3 is 9.47 Å². The van der Waals surface area contributed by atoms with E-state index in [4.69, 9.17) is 9.47 Å². The quantitative estimate of drug-likeness (QED) is 0.778. The molecule has 0 N–H and O–H groups in total. The van der Waals surface area contributed by atoms with Gasteiger partial charge in [0.1, 0.15) is 11.9 Å². The SMILES string of the molecule is COC1CCCC(Oc2cccc(C)c2)C1. The lowest BCUT2D eigenvalue weighted by molar-refractivity contribution is 0.0209. The van der Waals surface area contributed by atoms with Crippen LogP contribution in [0.2, 0.25) is 0 Å². The molecule has 0 saturated heterocycles. The van der Waals surface area contributed by atoms with Crippen molar-refractivity contribution < 1.29 is 9.47 Å². The summed E-state index contributed by atoms with van der Waals surface area (Å²) in [6.07, 6.45) is 5.24. The zero-order valence-corrected chi connectivity index (χ0v) is 10.1. The van der Waals surface area contributed by atoms with Crippen molar-refractivity contribution in [1.29, 1.82) is 0 Å². The van der Waals surface area contributed by atoms with Crippen LogP contribution in [-0.4, -0.2) is 19.3 Å². The molecule has 2 atom stereocenters. The summed E-state index contributed by atoms with van der Waals surface area (Å²) in [5, 5.41) is 0. The highest BCUT2D eigenvalue weighted by atomic mass is 16.5. The van der Waals surface area contributed by atoms with Crippen molar-refractivity contribution in [1.82, 2.24) is 0 Å². The maximum Gasteiger partial charge on any atom is 0.119 e. The summed E-state index contributed by atoms with van der Waals surface area (Å²) in [6, 6.07) is 8.26. The van der Waals surface area contributed by atoms with Gasteiger partial charge in [-0.2, -0.15) is 0 Å². The van der Waals surface area contributed by atoms with Crippen LogP contribution in [0, 0.1) is 6.92 Å². The Kier molecular flexibility index (Phi) is 3.83. The molecule has 16 heavy (non-hydrogen) atoms. The fourth-order valence-corrected chi connectivity index (χ4v) is 2.30. The van der Waals surface area contributed by atoms with Crippen LogP contribution >= 0.6 is 0 Å². The second-order valence-corrected chi connectivity index (χ2v) is 4.58. The molecule has 1 saturated carbocycles. The molecule has 0 bridgehead atoms. The molecule has 0 heterocycles. The third kappa shape index (κ3) is 2.99. The zero-order chi connectivity index (χ0) is 11.4. The molecule has 88 valence electrons. The van der Waals surface area contributed by atoms with Gasteiger partial charge in [0.15, 0.2) is 0 Å². The molecule has 2 rings (SSSR count). The molecule has 1 aliphatic carbocycles. The van der Waals surface area contributed by atoms with Crippen molar-refractivity contribution in [2.24, 2.45) is 0 Å². The highest BCUT2D eigenvalue weighted by Gasteiger charge is 2.22. The molecular weight excluding hydrogens is 200 g/mol. The highest BCUT2D eigenvalue weighted by molar-refractivity contribution is 5.27. The number of aryl methyl sites for hydroxylation is 1. The predicted molar refractivity (Wildman–Crippen MR) is 64.9 cm³/mol. The largest absolute Gasteiger partial charge is 0.490 e. The Morgan fingerprint density at radius 3 is 2.75 bits per heavy atom. The highest BCUT2D eigenvalue weighted by Crippen LogP contribution is 2.25. The summed E-state index contributed by atoms with van der Waals surface area (Å²) in [6.45, 7) is 2.09. The summed E-state index contributed by atoms with van der Waals surface area (Å²) >= 11 is 0. The van der Waals surface area contributed by atoms with Crippen molar-refractivity contribution in [2.45, 2.75) is 44.8 Å². The fourth-order valence-electron chi connectivity index (χ4n) is 2.30. The first-order valence-electron chi connectivity index (χ1n) is 6.04. The Morgan fingerprint density at radius 2 is 2.00 bits per heavy atom. The van der Waals surface area contributed by atoms with Gasteiger partial charge in [-0.3, -0.25) is 0 Å². The van der Waals surface area contributed by atoms with Crippen LogP contribution in [0.5, 0.6) is 5.75 Å². The average molecular weight is 220 g/mol. The lowest BCUT2D eigenvalue weighted by atomic mass is 9.95. The van der Waals surface area contributed by atoms with Gasteiger partial charge in [0.05, 0.1) is 6.10 Å². The second kappa shape index (κ2) is 5.35. The average Bonchev–Trinajstić information content (AvgIpc) is 2.29. The van der Waals surface area contributed by atoms with Crippen LogP contribution in [0.3, 0.4) is 0 Å². The first-order chi connectivity index (χ1) is 7.78. The van der Waals surface area contributed by atoms with E-state index in [0.29, 0.717) is 12.2 Å². The molecule has 0 radical (unpaired) electrons. The minimum atomic E-state index is 0.320. The Hall–Kier alpha value is -1.02. The first-order valence-corrected chi connectivity index (χ1v) is 6.04. The van der Waals surface area contributed by atoms with Crippen LogP contribution in [0.1, 0.15) is 31.2 Å². The molecule has 2 heteroatoms. The predicted octanol–water partition coefficient (Wildman–Crippen LogP) is 3.33. The van der Waals surface area contributed by atoms with Crippen LogP contribution in [-0.2, 0) is 4.74 Å². The minimum Gasteiger partial charge on any atom is -0.490 e. The Labute approximate surface area is 97.6 Å². The molecule has 0 aromatic heterocycles. The lowest BCUT2D eigenvalue weighted by Gasteiger charge is -2.28. The van der Waals surface area contributed by atoms with Gasteiger partial charge in [0.25, 0.3) is 0 Å². The van der Waals surface area contributed by atoms with E-state index in [1.165, 1.54) is 18.4 Å². The third-order valence-corrected chi connectivity index (χ3v) is 3.20. The van der Waals surface area contributed by atoms with Gasteiger partial charge in [-0.25, -0.2) is 0 Å². The molecule has 0 spiro atoms. The number of methoxy groups -OCH3 is 1. The van der Waals surface area contributed by atoms with Gasteiger partial charge in [0.2, 0.25) is 0 Å². The van der Waals surface area contributed by atoms with Gasteiger partial charge in [0, 0.05) is 13.5 Å². The summed E-state index contributed by atoms with van der Waals surface area (Å²) in [5.41, 5.74) is 1.25. The molecule has 0 aliphatic heterocycles. The Bertz CT molecular complexity index is 335. The molecule has 2 nitrogen and oxygen atoms in total. The van der Waals surface area contributed by atoms with Crippen molar-refractivity contribution in [2.75, 3.05) is 7.11 Å². The Balaban J connectivity index is 1.94. The standard InChI is InChI=1S/C14H20O2/c1-11-5-3-7-13(9-11)16-14-8-4-6-12(10-14)15-2/h3,5,7,9,12,14H,4,6,8,10H2,1-2H3. The monoisotopic (exact) mass is 220 g/mol. The summed E-state index contributed by atoms with van der Waals surface area (Å²) in [7, 11) is 1.79. The zero-order valence-electron chi connectivity index (χ0n) is 10.1. The van der Waals surface area contributed by atoms with Crippen LogP contribution in [0.4, 0.5) is 0 Å². The fraction of sp³-hybridized carbons (Fsp3) is 0.571. The number of ether oxygens (including phenoxy) is 2. The number of hydrogen-bond donors (Lipinski definition) is 0. The molecule has 1 fully saturated rings. The Morgan fingerprint density at radius 1 is 1.19 bits per heavy atom.